The molecule has 0 bridgehead atoms. The fourth-order valence-electron chi connectivity index (χ4n) is 2.98. The van der Waals surface area contributed by atoms with Crippen LogP contribution in [0.15, 0.2) is 74.6 Å². The van der Waals surface area contributed by atoms with Crippen molar-refractivity contribution in [3.63, 3.8) is 0 Å². The van der Waals surface area contributed by atoms with Gasteiger partial charge in [0, 0.05) is 5.02 Å². The zero-order valence-corrected chi connectivity index (χ0v) is 17.8. The molecule has 31 heavy (non-hydrogen) atoms. The van der Waals surface area contributed by atoms with Gasteiger partial charge in [0.05, 0.1) is 11.4 Å². The molecule has 10 heteroatoms. The number of aryl methyl sites for hydroxylation is 1. The topological polar surface area (TPSA) is 99.6 Å². The molecule has 3 aromatic rings. The van der Waals surface area contributed by atoms with E-state index in [0.717, 1.165) is 11.8 Å². The summed E-state index contributed by atoms with van der Waals surface area (Å²) in [6.07, 6.45) is 1.61. The van der Waals surface area contributed by atoms with Gasteiger partial charge in [-0.25, -0.2) is 9.79 Å². The van der Waals surface area contributed by atoms with E-state index < -0.39 is 11.4 Å². The summed E-state index contributed by atoms with van der Waals surface area (Å²) in [6.45, 7) is 0. The molecule has 1 amide bonds. The lowest BCUT2D eigenvalue weighted by molar-refractivity contribution is -0.741. The Balaban J connectivity index is 1.66. The Bertz CT molecular complexity index is 1280. The van der Waals surface area contributed by atoms with E-state index in [9.17, 15) is 14.4 Å². The second kappa shape index (κ2) is 8.75. The fourth-order valence-corrected chi connectivity index (χ4v) is 4.05. The third-order valence-electron chi connectivity index (χ3n) is 4.44. The molecule has 1 aliphatic rings. The number of H-pyrrole nitrogens is 1. The van der Waals surface area contributed by atoms with E-state index in [4.69, 9.17) is 11.6 Å². The van der Waals surface area contributed by atoms with Gasteiger partial charge in [0.1, 0.15) is 5.70 Å². The van der Waals surface area contributed by atoms with Crippen LogP contribution in [0.5, 0.6) is 0 Å². The Hall–Kier alpha value is -3.43. The van der Waals surface area contributed by atoms with E-state index in [1.54, 1.807) is 48.5 Å². The number of aromatic nitrogens is 2. The molecular formula is C21H16ClN4O4S+. The molecule has 2 heterocycles. The summed E-state index contributed by atoms with van der Waals surface area (Å²) >= 11 is 7.27. The van der Waals surface area contributed by atoms with Crippen LogP contribution in [0, 0.1) is 0 Å². The van der Waals surface area contributed by atoms with Gasteiger partial charge < -0.3 is 0 Å². The second-order valence-electron chi connectivity index (χ2n) is 6.52. The van der Waals surface area contributed by atoms with Crippen molar-refractivity contribution in [1.29, 1.82) is 0 Å². The van der Waals surface area contributed by atoms with Crippen molar-refractivity contribution in [3.05, 3.63) is 87.0 Å². The minimum Gasteiger partial charge on any atom is -0.286 e. The number of nitrogens with zero attached hydrogens (tertiary/aromatic N) is 3. The molecular weight excluding hydrogens is 440 g/mol. The molecule has 2 aromatic carbocycles. The number of hydrogen-bond acceptors (Lipinski definition) is 6. The first-order valence-electron chi connectivity index (χ1n) is 9.13. The van der Waals surface area contributed by atoms with Gasteiger partial charge in [-0.15, -0.1) is 0 Å². The highest BCUT2D eigenvalue weighted by Crippen LogP contribution is 2.30. The minimum atomic E-state index is -0.753. The number of Topliss-reactive ketones (excluding diaryl/α,β-unsaturated/α-hetero) is 1. The summed E-state index contributed by atoms with van der Waals surface area (Å²) in [6, 6.07) is 16.1. The molecule has 0 radical (unpaired) electrons. The summed E-state index contributed by atoms with van der Waals surface area (Å²) in [7, 11) is 1.50. The molecule has 0 saturated heterocycles. The Kier molecular flexibility index (Phi) is 5.88. The van der Waals surface area contributed by atoms with Crippen LogP contribution in [0.3, 0.4) is 0 Å². The van der Waals surface area contributed by atoms with E-state index in [0.29, 0.717) is 21.4 Å². The number of rotatable bonds is 5. The van der Waals surface area contributed by atoms with Crippen molar-refractivity contribution in [2.75, 3.05) is 10.7 Å². The van der Waals surface area contributed by atoms with Gasteiger partial charge in [-0.2, -0.15) is 0 Å². The lowest BCUT2D eigenvalue weighted by Gasteiger charge is -2.17. The van der Waals surface area contributed by atoms with Gasteiger partial charge in [-0.3, -0.25) is 19.0 Å². The first kappa shape index (κ1) is 20.8. The zero-order chi connectivity index (χ0) is 22.0. The molecule has 0 aliphatic carbocycles. The van der Waals surface area contributed by atoms with Crippen molar-refractivity contribution < 1.29 is 18.8 Å². The van der Waals surface area contributed by atoms with Crippen LogP contribution < -0.4 is 15.2 Å². The third kappa shape index (κ3) is 4.23. The van der Waals surface area contributed by atoms with Crippen LogP contribution >= 0.6 is 23.4 Å². The van der Waals surface area contributed by atoms with E-state index in [1.807, 2.05) is 12.1 Å². The molecule has 0 atom stereocenters. The maximum atomic E-state index is 13.1. The molecule has 1 aliphatic heterocycles. The highest BCUT2D eigenvalue weighted by molar-refractivity contribution is 8.14. The average molecular weight is 456 g/mol. The van der Waals surface area contributed by atoms with Gasteiger partial charge >= 0.3 is 11.3 Å². The highest BCUT2D eigenvalue weighted by atomic mass is 35.5. The fraction of sp³-hybridized carbons (Fsp3) is 0.0952. The standard InChI is InChI=1S/C21H15ClN4O4S/c1-25-18(20(29)30-24-25)17(27)12-31-21-23-16(11-13-7-5-6-10-15(13)22)19(28)26(21)14-8-3-2-4-9-14/h2-11H,12H2,1H3/p+1/b16-11+. The lowest BCUT2D eigenvalue weighted by Crippen LogP contribution is -2.40. The predicted octanol–water partition coefficient (Wildman–Crippen LogP) is 2.81. The number of aromatic amines is 1. The summed E-state index contributed by atoms with van der Waals surface area (Å²) in [5.74, 6) is -0.896. The van der Waals surface area contributed by atoms with Crippen molar-refractivity contribution in [1.82, 2.24) is 5.27 Å². The van der Waals surface area contributed by atoms with Crippen molar-refractivity contribution in [2.24, 2.45) is 12.0 Å². The number of ketones is 1. The number of amides is 1. The van der Waals surface area contributed by atoms with Gasteiger partial charge in [0.2, 0.25) is 5.78 Å². The van der Waals surface area contributed by atoms with Gasteiger partial charge in [-0.1, -0.05) is 64.4 Å². The first-order chi connectivity index (χ1) is 15.0. The maximum absolute atomic E-state index is 13.1. The van der Waals surface area contributed by atoms with Crippen LogP contribution in [-0.2, 0) is 11.8 Å². The van der Waals surface area contributed by atoms with E-state index in [2.05, 4.69) is 14.8 Å². The highest BCUT2D eigenvalue weighted by Gasteiger charge is 2.34. The zero-order valence-electron chi connectivity index (χ0n) is 16.2. The van der Waals surface area contributed by atoms with Crippen LogP contribution in [0.4, 0.5) is 5.69 Å². The van der Waals surface area contributed by atoms with Crippen LogP contribution in [-0.4, -0.2) is 27.9 Å². The number of carbonyl (C=O) groups excluding carboxylic acids is 2. The van der Waals surface area contributed by atoms with Crippen molar-refractivity contribution in [2.45, 2.75) is 0 Å². The number of carbonyl (C=O) groups is 2. The number of anilines is 1. The normalized spacial score (nSPS) is 14.9. The van der Waals surface area contributed by atoms with Crippen molar-refractivity contribution in [3.8, 4) is 0 Å². The number of halogens is 1. The molecule has 0 unspecified atom stereocenters. The molecule has 1 aromatic heterocycles. The van der Waals surface area contributed by atoms with Crippen LogP contribution in [0.2, 0.25) is 5.02 Å². The van der Waals surface area contributed by atoms with Crippen LogP contribution in [0.25, 0.3) is 6.08 Å². The third-order valence-corrected chi connectivity index (χ3v) is 5.72. The summed E-state index contributed by atoms with van der Waals surface area (Å²) < 4.78 is 5.84. The quantitative estimate of drug-likeness (QED) is 0.362. The smallest absolute Gasteiger partial charge is 0.286 e. The van der Waals surface area contributed by atoms with Crippen LogP contribution in [0.1, 0.15) is 16.1 Å². The molecule has 4 rings (SSSR count). The number of benzene rings is 2. The van der Waals surface area contributed by atoms with Gasteiger partial charge in [0.15, 0.2) is 12.2 Å². The number of hydrogen-bond donors (Lipinski definition) is 1. The Morgan fingerprint density at radius 3 is 2.58 bits per heavy atom. The van der Waals surface area contributed by atoms with E-state index in [1.165, 1.54) is 16.6 Å². The first-order valence-corrected chi connectivity index (χ1v) is 10.5. The SMILES string of the molecule is C[n+]1[nH]oc(=O)c1C(=O)CSC1=N/C(=C/c2ccccc2Cl)C(=O)N1c1ccccc1. The van der Waals surface area contributed by atoms with Gasteiger partial charge in [0.25, 0.3) is 5.91 Å². The molecule has 0 fully saturated rings. The summed E-state index contributed by atoms with van der Waals surface area (Å²) in [5, 5.41) is 3.13. The number of nitrogens with one attached hydrogen (secondary N) is 1. The number of thioether (sulfide) groups is 1. The minimum absolute atomic E-state index is 0.106. The lowest BCUT2D eigenvalue weighted by atomic mass is 10.2. The van der Waals surface area contributed by atoms with Crippen molar-refractivity contribution >= 4 is 52.0 Å². The molecule has 156 valence electrons. The van der Waals surface area contributed by atoms with E-state index >= 15 is 0 Å². The Morgan fingerprint density at radius 1 is 1.19 bits per heavy atom. The second-order valence-corrected chi connectivity index (χ2v) is 7.87. The maximum Gasteiger partial charge on any atom is 0.438 e. The monoisotopic (exact) mass is 455 g/mol. The van der Waals surface area contributed by atoms with Gasteiger partial charge in [-0.05, 0) is 35.1 Å². The number of para-hydroxylation sites is 1. The Labute approximate surface area is 185 Å². The summed E-state index contributed by atoms with van der Waals surface area (Å²) in [4.78, 5) is 43.3. The molecule has 8 nitrogen and oxygen atoms in total. The molecule has 0 spiro atoms. The number of aliphatic imine (C=N–C) groups is 1. The largest absolute Gasteiger partial charge is 0.438 e. The average Bonchev–Trinajstić information content (AvgIpc) is 3.27. The summed E-state index contributed by atoms with van der Waals surface area (Å²) in [5.41, 5.74) is 0.593. The number of amidine groups is 1. The molecule has 0 saturated carbocycles. The predicted molar refractivity (Wildman–Crippen MR) is 118 cm³/mol. The Morgan fingerprint density at radius 2 is 1.90 bits per heavy atom. The van der Waals surface area contributed by atoms with E-state index in [-0.39, 0.29) is 23.1 Å². The molecule has 1 N–H and O–H groups in total.